The number of hydrogen-bond donors (Lipinski definition) is 3. The molecule has 0 aliphatic heterocycles. The number of sulfonamides is 1. The highest BCUT2D eigenvalue weighted by atomic mass is 32.2. The third-order valence-electron chi connectivity index (χ3n) is 4.46. The van der Waals surface area contributed by atoms with Gasteiger partial charge in [-0.15, -0.1) is 0 Å². The highest BCUT2D eigenvalue weighted by Crippen LogP contribution is 2.31. The summed E-state index contributed by atoms with van der Waals surface area (Å²) in [7, 11) is -3.67. The second kappa shape index (κ2) is 5.61. The molecule has 1 aliphatic rings. The summed E-state index contributed by atoms with van der Waals surface area (Å²) in [6.45, 7) is 0. The zero-order valence-corrected chi connectivity index (χ0v) is 13.7. The SMILES string of the molecule is O=c1[nH]c2ccc(S(=O)(=O)N[C@@H]3CCCc4ccccc43)cc2[nH]1. The second-order valence-electron chi connectivity index (χ2n) is 6.05. The Balaban J connectivity index is 1.69. The lowest BCUT2D eigenvalue weighted by Crippen LogP contribution is -2.31. The molecule has 24 heavy (non-hydrogen) atoms. The van der Waals surface area contributed by atoms with Crippen molar-refractivity contribution >= 4 is 21.1 Å². The average Bonchev–Trinajstić information content (AvgIpc) is 2.94. The predicted octanol–water partition coefficient (Wildman–Crippen LogP) is 2.21. The van der Waals surface area contributed by atoms with E-state index in [9.17, 15) is 13.2 Å². The van der Waals surface area contributed by atoms with Crippen molar-refractivity contribution < 1.29 is 8.42 Å². The van der Waals surface area contributed by atoms with E-state index < -0.39 is 10.0 Å². The molecular weight excluding hydrogens is 326 g/mol. The van der Waals surface area contributed by atoms with E-state index in [0.29, 0.717) is 11.0 Å². The number of imidazole rings is 1. The normalized spacial score (nSPS) is 17.8. The second-order valence-corrected chi connectivity index (χ2v) is 7.77. The lowest BCUT2D eigenvalue weighted by Gasteiger charge is -2.26. The average molecular weight is 343 g/mol. The van der Waals surface area contributed by atoms with E-state index in [-0.39, 0.29) is 16.6 Å². The first-order chi connectivity index (χ1) is 11.5. The van der Waals surface area contributed by atoms with E-state index in [2.05, 4.69) is 14.7 Å². The van der Waals surface area contributed by atoms with E-state index >= 15 is 0 Å². The van der Waals surface area contributed by atoms with Crippen LogP contribution in [0.25, 0.3) is 11.0 Å². The van der Waals surface area contributed by atoms with Crippen molar-refractivity contribution in [2.24, 2.45) is 0 Å². The molecular formula is C17H17N3O3S. The van der Waals surface area contributed by atoms with Crippen LogP contribution in [-0.4, -0.2) is 18.4 Å². The number of aryl methyl sites for hydroxylation is 1. The van der Waals surface area contributed by atoms with E-state index in [1.165, 1.54) is 17.7 Å². The molecule has 0 saturated heterocycles. The van der Waals surface area contributed by atoms with Gasteiger partial charge in [0.1, 0.15) is 0 Å². The third kappa shape index (κ3) is 2.65. The summed E-state index contributed by atoms with van der Waals surface area (Å²) in [5.41, 5.74) is 2.95. The highest BCUT2D eigenvalue weighted by Gasteiger charge is 2.25. The maximum absolute atomic E-state index is 12.7. The molecule has 3 N–H and O–H groups in total. The fraction of sp³-hybridized carbons (Fsp3) is 0.235. The molecule has 0 fully saturated rings. The van der Waals surface area contributed by atoms with Crippen molar-refractivity contribution in [1.29, 1.82) is 0 Å². The fourth-order valence-electron chi connectivity index (χ4n) is 3.31. The van der Waals surface area contributed by atoms with Gasteiger partial charge in [0.05, 0.1) is 15.9 Å². The summed E-state index contributed by atoms with van der Waals surface area (Å²) in [4.78, 5) is 16.7. The van der Waals surface area contributed by atoms with Crippen LogP contribution in [0.4, 0.5) is 0 Å². The van der Waals surface area contributed by atoms with Gasteiger partial charge in [0.15, 0.2) is 0 Å². The van der Waals surface area contributed by atoms with Crippen LogP contribution in [0.3, 0.4) is 0 Å². The predicted molar refractivity (Wildman–Crippen MR) is 91.4 cm³/mol. The Morgan fingerprint density at radius 3 is 2.71 bits per heavy atom. The summed E-state index contributed by atoms with van der Waals surface area (Å²) < 4.78 is 28.3. The zero-order valence-electron chi connectivity index (χ0n) is 12.9. The van der Waals surface area contributed by atoms with Gasteiger partial charge in [-0.2, -0.15) is 0 Å². The first kappa shape index (κ1) is 15.2. The zero-order chi connectivity index (χ0) is 16.7. The van der Waals surface area contributed by atoms with Crippen LogP contribution >= 0.6 is 0 Å². The molecule has 1 atom stereocenters. The van der Waals surface area contributed by atoms with E-state index in [0.717, 1.165) is 24.8 Å². The molecule has 3 aromatic rings. The fourth-order valence-corrected chi connectivity index (χ4v) is 4.59. The van der Waals surface area contributed by atoms with Crippen LogP contribution in [0.5, 0.6) is 0 Å². The van der Waals surface area contributed by atoms with Gasteiger partial charge in [-0.3, -0.25) is 0 Å². The number of nitrogens with one attached hydrogen (secondary N) is 3. The topological polar surface area (TPSA) is 94.8 Å². The van der Waals surface area contributed by atoms with E-state index in [1.54, 1.807) is 6.07 Å². The first-order valence-corrected chi connectivity index (χ1v) is 9.33. The number of fused-ring (bicyclic) bond motifs is 2. The molecule has 2 aromatic carbocycles. The van der Waals surface area contributed by atoms with Gasteiger partial charge >= 0.3 is 5.69 Å². The highest BCUT2D eigenvalue weighted by molar-refractivity contribution is 7.89. The maximum atomic E-state index is 12.7. The number of aromatic amines is 2. The van der Waals surface area contributed by atoms with Crippen LogP contribution < -0.4 is 10.4 Å². The van der Waals surface area contributed by atoms with Gasteiger partial charge in [-0.1, -0.05) is 24.3 Å². The van der Waals surface area contributed by atoms with Crippen LogP contribution in [-0.2, 0) is 16.4 Å². The van der Waals surface area contributed by atoms with E-state index in [4.69, 9.17) is 0 Å². The molecule has 1 aliphatic carbocycles. The minimum Gasteiger partial charge on any atom is -0.306 e. The van der Waals surface area contributed by atoms with Crippen molar-refractivity contribution in [2.75, 3.05) is 0 Å². The number of H-pyrrole nitrogens is 2. The van der Waals surface area contributed by atoms with Gasteiger partial charge in [0, 0.05) is 6.04 Å². The molecule has 0 radical (unpaired) electrons. The molecule has 0 saturated carbocycles. The molecule has 7 heteroatoms. The Hall–Kier alpha value is -2.38. The Morgan fingerprint density at radius 1 is 1.04 bits per heavy atom. The van der Waals surface area contributed by atoms with Crippen molar-refractivity contribution in [3.63, 3.8) is 0 Å². The summed E-state index contributed by atoms with van der Waals surface area (Å²) in [5.74, 6) is 0. The molecule has 0 spiro atoms. The number of benzene rings is 2. The number of rotatable bonds is 3. The van der Waals surface area contributed by atoms with Crippen LogP contribution in [0.1, 0.15) is 30.0 Å². The molecule has 1 heterocycles. The van der Waals surface area contributed by atoms with Crippen molar-refractivity contribution in [2.45, 2.75) is 30.2 Å². The molecule has 0 unspecified atom stereocenters. The van der Waals surface area contributed by atoms with Gasteiger partial charge in [-0.25, -0.2) is 17.9 Å². The molecule has 124 valence electrons. The monoisotopic (exact) mass is 343 g/mol. The lowest BCUT2D eigenvalue weighted by molar-refractivity contribution is 0.507. The van der Waals surface area contributed by atoms with Gasteiger partial charge in [0.2, 0.25) is 10.0 Å². The molecule has 6 nitrogen and oxygen atoms in total. The molecule has 0 amide bonds. The van der Waals surface area contributed by atoms with Crippen LogP contribution in [0.15, 0.2) is 52.2 Å². The van der Waals surface area contributed by atoms with Crippen molar-refractivity contribution in [3.8, 4) is 0 Å². The Kier molecular flexibility index (Phi) is 3.54. The number of aromatic nitrogens is 2. The largest absolute Gasteiger partial charge is 0.323 e. The van der Waals surface area contributed by atoms with Crippen molar-refractivity contribution in [1.82, 2.24) is 14.7 Å². The van der Waals surface area contributed by atoms with Gasteiger partial charge in [0.25, 0.3) is 0 Å². The Morgan fingerprint density at radius 2 is 1.83 bits per heavy atom. The lowest BCUT2D eigenvalue weighted by atomic mass is 9.88. The van der Waals surface area contributed by atoms with E-state index in [1.807, 2.05) is 24.3 Å². The van der Waals surface area contributed by atoms with Crippen LogP contribution in [0.2, 0.25) is 0 Å². The first-order valence-electron chi connectivity index (χ1n) is 7.85. The smallest absolute Gasteiger partial charge is 0.306 e. The quantitative estimate of drug-likeness (QED) is 0.680. The maximum Gasteiger partial charge on any atom is 0.323 e. The van der Waals surface area contributed by atoms with Gasteiger partial charge < -0.3 is 9.97 Å². The van der Waals surface area contributed by atoms with Crippen LogP contribution in [0, 0.1) is 0 Å². The molecule has 1 aromatic heterocycles. The molecule has 4 rings (SSSR count). The van der Waals surface area contributed by atoms with Gasteiger partial charge in [-0.05, 0) is 48.6 Å². The summed E-state index contributed by atoms with van der Waals surface area (Å²) in [5, 5.41) is 0. The number of hydrogen-bond acceptors (Lipinski definition) is 3. The summed E-state index contributed by atoms with van der Waals surface area (Å²) in [6, 6.07) is 12.3. The minimum absolute atomic E-state index is 0.147. The summed E-state index contributed by atoms with van der Waals surface area (Å²) >= 11 is 0. The Labute approximate surface area is 139 Å². The minimum atomic E-state index is -3.67. The third-order valence-corrected chi connectivity index (χ3v) is 5.93. The van der Waals surface area contributed by atoms with Crippen molar-refractivity contribution in [3.05, 3.63) is 64.1 Å². The molecule has 0 bridgehead atoms. The Bertz CT molecular complexity index is 1070. The standard InChI is InChI=1S/C17H17N3O3S/c21-17-18-15-9-8-12(10-16(15)19-17)24(22,23)20-14-7-3-5-11-4-1-2-6-13(11)14/h1-2,4,6,8-10,14,20H,3,5,7H2,(H2,18,19,21)/t14-/m1/s1. The summed E-state index contributed by atoms with van der Waals surface area (Å²) in [6.07, 6.45) is 2.71.